The van der Waals surface area contributed by atoms with Gasteiger partial charge >= 0.3 is 5.97 Å². The van der Waals surface area contributed by atoms with Gasteiger partial charge in [-0.2, -0.15) is 0 Å². The summed E-state index contributed by atoms with van der Waals surface area (Å²) in [6.07, 6.45) is -0.817. The molecule has 148 valence electrons. The highest BCUT2D eigenvalue weighted by Gasteiger charge is 2.26. The van der Waals surface area contributed by atoms with Crippen molar-refractivity contribution in [2.24, 2.45) is 0 Å². The Hall–Kier alpha value is -2.28. The van der Waals surface area contributed by atoms with Gasteiger partial charge in [-0.25, -0.2) is 0 Å². The maximum absolute atomic E-state index is 12.0. The molecule has 1 amide bonds. The SMILES string of the molecule is O=C(O)CC(=O)N1CCOC(c2ccc(OCc3c(Cl)cccc3Cl)cc2)C1. The third kappa shape index (κ3) is 5.16. The lowest BCUT2D eigenvalue weighted by Gasteiger charge is -2.33. The van der Waals surface area contributed by atoms with Crippen LogP contribution in [0.4, 0.5) is 0 Å². The first-order valence-electron chi connectivity index (χ1n) is 8.71. The van der Waals surface area contributed by atoms with Crippen LogP contribution in [0.25, 0.3) is 0 Å². The summed E-state index contributed by atoms with van der Waals surface area (Å²) in [4.78, 5) is 24.2. The average Bonchev–Trinajstić information content (AvgIpc) is 2.68. The van der Waals surface area contributed by atoms with Gasteiger partial charge in [-0.05, 0) is 29.8 Å². The van der Waals surface area contributed by atoms with Crippen molar-refractivity contribution in [3.05, 3.63) is 63.6 Å². The summed E-state index contributed by atoms with van der Waals surface area (Å²) in [5.41, 5.74) is 1.61. The molecule has 0 spiro atoms. The number of morpholine rings is 1. The van der Waals surface area contributed by atoms with Crippen molar-refractivity contribution in [2.75, 3.05) is 19.7 Å². The van der Waals surface area contributed by atoms with Gasteiger partial charge in [0.1, 0.15) is 24.9 Å². The van der Waals surface area contributed by atoms with Gasteiger partial charge in [-0.3, -0.25) is 9.59 Å². The highest BCUT2D eigenvalue weighted by Crippen LogP contribution is 2.28. The lowest BCUT2D eigenvalue weighted by Crippen LogP contribution is -2.42. The molecule has 2 aromatic rings. The molecule has 6 nitrogen and oxygen atoms in total. The highest BCUT2D eigenvalue weighted by molar-refractivity contribution is 6.35. The first-order chi connectivity index (χ1) is 13.4. The standard InChI is InChI=1S/C20H19Cl2NO5/c21-16-2-1-3-17(22)15(16)12-28-14-6-4-13(5-7-14)18-11-23(8-9-27-18)19(24)10-20(25)26/h1-7,18H,8-12H2,(H,25,26). The van der Waals surface area contributed by atoms with E-state index < -0.39 is 18.3 Å². The quantitative estimate of drug-likeness (QED) is 0.711. The topological polar surface area (TPSA) is 76.1 Å². The molecular formula is C20H19Cl2NO5. The molecule has 0 radical (unpaired) electrons. The molecule has 2 aromatic carbocycles. The smallest absolute Gasteiger partial charge is 0.312 e. The Kier molecular flexibility index (Phi) is 6.78. The van der Waals surface area contributed by atoms with E-state index in [-0.39, 0.29) is 12.7 Å². The van der Waals surface area contributed by atoms with Crippen molar-refractivity contribution < 1.29 is 24.2 Å². The average molecular weight is 424 g/mol. The van der Waals surface area contributed by atoms with E-state index in [2.05, 4.69) is 0 Å². The second kappa shape index (κ2) is 9.28. The molecule has 1 saturated heterocycles. The number of ether oxygens (including phenoxy) is 2. The zero-order valence-corrected chi connectivity index (χ0v) is 16.4. The number of carboxylic acid groups (broad SMARTS) is 1. The van der Waals surface area contributed by atoms with Crippen molar-refractivity contribution in [2.45, 2.75) is 19.1 Å². The van der Waals surface area contributed by atoms with E-state index in [1.54, 1.807) is 18.2 Å². The Morgan fingerprint density at radius 3 is 2.46 bits per heavy atom. The Morgan fingerprint density at radius 1 is 1.14 bits per heavy atom. The molecule has 1 N–H and O–H groups in total. The van der Waals surface area contributed by atoms with E-state index in [1.165, 1.54) is 4.90 Å². The molecule has 1 fully saturated rings. The van der Waals surface area contributed by atoms with Crippen LogP contribution in [0.5, 0.6) is 5.75 Å². The normalized spacial score (nSPS) is 16.6. The largest absolute Gasteiger partial charge is 0.489 e. The lowest BCUT2D eigenvalue weighted by molar-refractivity contribution is -0.148. The van der Waals surface area contributed by atoms with Gasteiger partial charge in [-0.1, -0.05) is 41.4 Å². The van der Waals surface area contributed by atoms with Crippen LogP contribution >= 0.6 is 23.2 Å². The van der Waals surface area contributed by atoms with Gasteiger partial charge in [0.2, 0.25) is 5.91 Å². The summed E-state index contributed by atoms with van der Waals surface area (Å²) in [5, 5.41) is 9.88. The lowest BCUT2D eigenvalue weighted by atomic mass is 10.1. The van der Waals surface area contributed by atoms with Crippen LogP contribution in [-0.4, -0.2) is 41.6 Å². The van der Waals surface area contributed by atoms with Gasteiger partial charge in [0.05, 0.1) is 13.2 Å². The van der Waals surface area contributed by atoms with Crippen LogP contribution in [0.3, 0.4) is 0 Å². The number of nitrogens with zero attached hydrogens (tertiary/aromatic N) is 1. The minimum atomic E-state index is -1.13. The molecule has 3 rings (SSSR count). The number of carboxylic acids is 1. The maximum Gasteiger partial charge on any atom is 0.312 e. The molecular weight excluding hydrogens is 405 g/mol. The third-order valence-corrected chi connectivity index (χ3v) is 5.13. The summed E-state index contributed by atoms with van der Waals surface area (Å²) in [7, 11) is 0. The van der Waals surface area contributed by atoms with E-state index in [9.17, 15) is 9.59 Å². The molecule has 0 aromatic heterocycles. The number of benzene rings is 2. The zero-order chi connectivity index (χ0) is 20.1. The number of hydrogen-bond acceptors (Lipinski definition) is 4. The zero-order valence-electron chi connectivity index (χ0n) is 14.9. The summed E-state index contributed by atoms with van der Waals surface area (Å²) in [5.74, 6) is -0.889. The van der Waals surface area contributed by atoms with Crippen molar-refractivity contribution in [3.63, 3.8) is 0 Å². The van der Waals surface area contributed by atoms with Gasteiger partial charge in [-0.15, -0.1) is 0 Å². The number of aliphatic carboxylic acids is 1. The van der Waals surface area contributed by atoms with Crippen LogP contribution in [0.1, 0.15) is 23.7 Å². The van der Waals surface area contributed by atoms with E-state index in [0.29, 0.717) is 35.5 Å². The van der Waals surface area contributed by atoms with Crippen molar-refractivity contribution in [3.8, 4) is 5.75 Å². The van der Waals surface area contributed by atoms with E-state index >= 15 is 0 Å². The van der Waals surface area contributed by atoms with Crippen LogP contribution in [0, 0.1) is 0 Å². The summed E-state index contributed by atoms with van der Waals surface area (Å²) in [6.45, 7) is 1.32. The van der Waals surface area contributed by atoms with Crippen molar-refractivity contribution in [1.82, 2.24) is 4.90 Å². The Balaban J connectivity index is 1.61. The summed E-state index contributed by atoms with van der Waals surface area (Å²) >= 11 is 12.3. The van der Waals surface area contributed by atoms with Crippen LogP contribution < -0.4 is 4.74 Å². The predicted octanol–water partition coefficient (Wildman–Crippen LogP) is 3.95. The predicted molar refractivity (Wildman–Crippen MR) is 105 cm³/mol. The Morgan fingerprint density at radius 2 is 1.82 bits per heavy atom. The Labute approximate surface area is 172 Å². The van der Waals surface area contributed by atoms with Crippen LogP contribution in [0.2, 0.25) is 10.0 Å². The van der Waals surface area contributed by atoms with Gasteiger partial charge < -0.3 is 19.5 Å². The van der Waals surface area contributed by atoms with E-state index in [1.807, 2.05) is 24.3 Å². The number of carbonyl (C=O) groups excluding carboxylic acids is 1. The van der Waals surface area contributed by atoms with Crippen LogP contribution in [-0.2, 0) is 20.9 Å². The summed E-state index contributed by atoms with van der Waals surface area (Å²) < 4.78 is 11.5. The van der Waals surface area contributed by atoms with Gasteiger partial charge in [0.15, 0.2) is 0 Å². The molecule has 1 unspecified atom stereocenters. The number of carbonyl (C=O) groups is 2. The van der Waals surface area contributed by atoms with Gasteiger partial charge in [0.25, 0.3) is 0 Å². The molecule has 0 saturated carbocycles. The van der Waals surface area contributed by atoms with Crippen molar-refractivity contribution in [1.29, 1.82) is 0 Å². The molecule has 1 aliphatic rings. The fourth-order valence-corrected chi connectivity index (χ4v) is 3.43. The minimum Gasteiger partial charge on any atom is -0.489 e. The monoisotopic (exact) mass is 423 g/mol. The minimum absolute atomic E-state index is 0.245. The Bertz CT molecular complexity index is 836. The summed E-state index contributed by atoms with van der Waals surface area (Å²) in [6, 6.07) is 12.6. The van der Waals surface area contributed by atoms with E-state index in [0.717, 1.165) is 11.1 Å². The van der Waals surface area contributed by atoms with Crippen molar-refractivity contribution >= 4 is 35.1 Å². The molecule has 1 atom stereocenters. The second-order valence-corrected chi connectivity index (χ2v) is 7.14. The number of hydrogen-bond donors (Lipinski definition) is 1. The first-order valence-corrected chi connectivity index (χ1v) is 9.46. The maximum atomic E-state index is 12.0. The molecule has 0 bridgehead atoms. The molecule has 28 heavy (non-hydrogen) atoms. The van der Waals surface area contributed by atoms with Gasteiger partial charge in [0, 0.05) is 22.2 Å². The molecule has 1 aliphatic heterocycles. The van der Waals surface area contributed by atoms with Crippen LogP contribution in [0.15, 0.2) is 42.5 Å². The highest BCUT2D eigenvalue weighted by atomic mass is 35.5. The fourth-order valence-electron chi connectivity index (χ4n) is 2.92. The number of amides is 1. The third-order valence-electron chi connectivity index (χ3n) is 4.42. The second-order valence-electron chi connectivity index (χ2n) is 6.33. The molecule has 8 heteroatoms. The number of halogens is 2. The van der Waals surface area contributed by atoms with E-state index in [4.69, 9.17) is 37.8 Å². The number of rotatable bonds is 6. The molecule has 1 heterocycles. The first kappa shape index (κ1) is 20.5. The molecule has 0 aliphatic carbocycles. The fraction of sp³-hybridized carbons (Fsp3) is 0.300.